The van der Waals surface area contributed by atoms with Crippen LogP contribution in [-0.2, 0) is 0 Å². The second-order valence-electron chi connectivity index (χ2n) is 14.8. The van der Waals surface area contributed by atoms with Crippen molar-refractivity contribution in [2.45, 2.75) is 0 Å². The second kappa shape index (κ2) is 15.6. The Morgan fingerprint density at radius 2 is 0.656 bits per heavy atom. The summed E-state index contributed by atoms with van der Waals surface area (Å²) in [5, 5.41) is 5.72. The molecule has 1 nitrogen and oxygen atoms in total. The second-order valence-corrected chi connectivity index (χ2v) is 14.8. The maximum absolute atomic E-state index is 9.69. The highest BCUT2D eigenvalue weighted by Gasteiger charge is 2.15. The summed E-state index contributed by atoms with van der Waals surface area (Å²) in [6.45, 7) is 0. The van der Waals surface area contributed by atoms with Crippen molar-refractivity contribution in [1.29, 1.82) is 0 Å². The Bertz CT molecular complexity index is 3970. The molecule has 0 bridgehead atoms. The van der Waals surface area contributed by atoms with Crippen molar-refractivity contribution in [3.05, 3.63) is 248 Å². The molecule has 0 spiro atoms. The van der Waals surface area contributed by atoms with Crippen LogP contribution in [0.1, 0.15) is 16.4 Å². The zero-order valence-corrected chi connectivity index (χ0v) is 32.7. The molecule has 0 atom stereocenters. The maximum Gasteiger partial charge on any atom is 0.0645 e. The Balaban J connectivity index is 1.13. The highest BCUT2D eigenvalue weighted by atomic mass is 15.1. The van der Waals surface area contributed by atoms with Crippen LogP contribution in [0.15, 0.2) is 248 Å². The van der Waals surface area contributed by atoms with Crippen LogP contribution in [0.2, 0.25) is 0 Å². The van der Waals surface area contributed by atoms with Crippen molar-refractivity contribution in [1.82, 2.24) is 0 Å². The van der Waals surface area contributed by atoms with Crippen molar-refractivity contribution >= 4 is 49.4 Å². The molecule has 11 rings (SSSR count). The number of rotatable bonds is 8. The molecule has 0 heterocycles. The van der Waals surface area contributed by atoms with Gasteiger partial charge in [0, 0.05) is 17.1 Å². The van der Waals surface area contributed by atoms with E-state index >= 15 is 0 Å². The van der Waals surface area contributed by atoms with Gasteiger partial charge in [0.1, 0.15) is 0 Å². The number of anilines is 3. The van der Waals surface area contributed by atoms with Gasteiger partial charge in [-0.15, -0.1) is 0 Å². The Labute approximate surface area is 373 Å². The molecular weight excluding hydrogens is 735 g/mol. The normalized spacial score (nSPS) is 14.0. The lowest BCUT2D eigenvalue weighted by Crippen LogP contribution is -2.09. The SMILES string of the molecule is [2H]c1c([2H])c(N(c2c([2H])c([2H])c(-c3cccc(-c4cccc5ccccc45)c3)c([2H])c2[2H])c2c([2H])c([2H])c(-c3ccc4c(ccc5ccccc54)c3)c([2H])c2[2H])c([2H])c([2H])c1-c1ccc(-c2ccccc2)cc1. The molecule has 61 heavy (non-hydrogen) atoms. The standard InChI is InChI=1S/C60H41N/c1-2-10-42(11-3-1)43-20-22-44(23-21-43)45-26-33-54(34-27-45)61(56-37-30-47(31-38-56)51-32-39-60-53(41-51)25-24-49-13-5-7-18-58(49)60)55-35-28-46(29-36-55)50-15-8-16-52(40-50)59-19-9-14-48-12-4-6-17-57(48)59/h1-41H/i26D,27D,28D,29D,30D,31D,33D,34D,35D,36D,37D,38D. The van der Waals surface area contributed by atoms with E-state index in [1.807, 2.05) is 133 Å². The monoisotopic (exact) mass is 787 g/mol. The lowest BCUT2D eigenvalue weighted by atomic mass is 9.95. The first-order chi connectivity index (χ1) is 35.2. The fourth-order valence-electron chi connectivity index (χ4n) is 7.97. The average molecular weight is 788 g/mol. The fraction of sp³-hybridized carbons (Fsp3) is 0. The third kappa shape index (κ3) is 7.03. The number of nitrogens with zero attached hydrogens (tertiary/aromatic N) is 1. The minimum absolute atomic E-state index is 0.0522. The first-order valence-corrected chi connectivity index (χ1v) is 20.0. The molecule has 0 fully saturated rings. The third-order valence-electron chi connectivity index (χ3n) is 11.1. The largest absolute Gasteiger partial charge is 0.311 e. The maximum atomic E-state index is 9.69. The van der Waals surface area contributed by atoms with Crippen molar-refractivity contribution in [2.75, 3.05) is 4.90 Å². The van der Waals surface area contributed by atoms with E-state index in [1.165, 1.54) is 0 Å². The minimum atomic E-state index is -0.674. The predicted octanol–water partition coefficient (Wildman–Crippen LogP) is 17.0. The Morgan fingerprint density at radius 3 is 1.31 bits per heavy atom. The summed E-state index contributed by atoms with van der Waals surface area (Å²) < 4.78 is 115. The van der Waals surface area contributed by atoms with Gasteiger partial charge in [0.2, 0.25) is 0 Å². The van der Waals surface area contributed by atoms with Gasteiger partial charge in [-0.05, 0) is 136 Å². The first-order valence-electron chi connectivity index (χ1n) is 26.0. The van der Waals surface area contributed by atoms with Gasteiger partial charge in [0.15, 0.2) is 0 Å². The molecule has 0 aliphatic carbocycles. The summed E-state index contributed by atoms with van der Waals surface area (Å²) in [7, 11) is 0. The van der Waals surface area contributed by atoms with E-state index in [9.17, 15) is 16.4 Å². The Morgan fingerprint density at radius 1 is 0.246 bits per heavy atom. The molecule has 0 radical (unpaired) electrons. The van der Waals surface area contributed by atoms with Gasteiger partial charge < -0.3 is 4.90 Å². The van der Waals surface area contributed by atoms with Crippen LogP contribution in [0, 0.1) is 0 Å². The molecule has 0 saturated carbocycles. The molecule has 11 aromatic rings. The summed E-state index contributed by atoms with van der Waals surface area (Å²) in [6, 6.07) is 47.5. The van der Waals surface area contributed by atoms with Crippen molar-refractivity contribution in [2.24, 2.45) is 0 Å². The van der Waals surface area contributed by atoms with Crippen LogP contribution >= 0.6 is 0 Å². The third-order valence-corrected chi connectivity index (χ3v) is 11.1. The van der Waals surface area contributed by atoms with E-state index in [0.717, 1.165) is 59.5 Å². The van der Waals surface area contributed by atoms with E-state index in [-0.39, 0.29) is 16.7 Å². The van der Waals surface area contributed by atoms with Crippen molar-refractivity contribution in [3.63, 3.8) is 0 Å². The van der Waals surface area contributed by atoms with Crippen LogP contribution in [0.25, 0.3) is 88.0 Å². The Hall–Kier alpha value is -8.00. The van der Waals surface area contributed by atoms with Crippen LogP contribution in [0.4, 0.5) is 17.1 Å². The Kier molecular flexibility index (Phi) is 6.53. The van der Waals surface area contributed by atoms with Crippen LogP contribution in [0.3, 0.4) is 0 Å². The highest BCUT2D eigenvalue weighted by Crippen LogP contribution is 2.39. The lowest BCUT2D eigenvalue weighted by Gasteiger charge is -2.26. The minimum Gasteiger partial charge on any atom is -0.311 e. The quantitative estimate of drug-likeness (QED) is 0.139. The highest BCUT2D eigenvalue weighted by molar-refractivity contribution is 6.08. The molecule has 0 unspecified atom stereocenters. The molecule has 0 aliphatic heterocycles. The molecule has 0 aliphatic rings. The van der Waals surface area contributed by atoms with Gasteiger partial charge in [-0.25, -0.2) is 0 Å². The molecular formula is C60H41N. The molecule has 286 valence electrons. The van der Waals surface area contributed by atoms with Gasteiger partial charge in [-0.3, -0.25) is 0 Å². The zero-order chi connectivity index (χ0) is 51.0. The van der Waals surface area contributed by atoms with Crippen molar-refractivity contribution in [3.8, 4) is 55.6 Å². The summed E-state index contributed by atoms with van der Waals surface area (Å²) in [5.74, 6) is 0. The van der Waals surface area contributed by atoms with Gasteiger partial charge >= 0.3 is 0 Å². The van der Waals surface area contributed by atoms with Gasteiger partial charge in [-0.1, -0.05) is 200 Å². The lowest BCUT2D eigenvalue weighted by molar-refractivity contribution is 1.28. The fourth-order valence-corrected chi connectivity index (χ4v) is 7.97. The van der Waals surface area contributed by atoms with Crippen LogP contribution in [0.5, 0.6) is 0 Å². The molecule has 0 amide bonds. The molecule has 1 heteroatoms. The average Bonchev–Trinajstić information content (AvgIpc) is 3.42. The summed E-state index contributed by atoms with van der Waals surface area (Å²) in [4.78, 5) is 0.858. The summed E-state index contributed by atoms with van der Waals surface area (Å²) >= 11 is 0. The molecule has 0 N–H and O–H groups in total. The van der Waals surface area contributed by atoms with Gasteiger partial charge in [0.05, 0.1) is 16.4 Å². The zero-order valence-electron chi connectivity index (χ0n) is 44.7. The van der Waals surface area contributed by atoms with E-state index < -0.39 is 89.6 Å². The summed E-state index contributed by atoms with van der Waals surface area (Å²) in [6.07, 6.45) is 0. The van der Waals surface area contributed by atoms with Crippen LogP contribution in [-0.4, -0.2) is 0 Å². The number of fused-ring (bicyclic) bond motifs is 4. The number of hydrogen-bond donors (Lipinski definition) is 0. The van der Waals surface area contributed by atoms with Gasteiger partial charge in [-0.2, -0.15) is 0 Å². The smallest absolute Gasteiger partial charge is 0.0645 e. The topological polar surface area (TPSA) is 3.24 Å². The molecule has 0 aromatic heterocycles. The van der Waals surface area contributed by atoms with Crippen molar-refractivity contribution < 1.29 is 16.4 Å². The van der Waals surface area contributed by atoms with E-state index in [4.69, 9.17) is 0 Å². The number of hydrogen-bond acceptors (Lipinski definition) is 1. The molecule has 11 aromatic carbocycles. The number of benzene rings is 11. The summed E-state index contributed by atoms with van der Waals surface area (Å²) in [5.41, 5.74) is 2.63. The van der Waals surface area contributed by atoms with Gasteiger partial charge in [0.25, 0.3) is 0 Å². The van der Waals surface area contributed by atoms with E-state index in [1.54, 1.807) is 42.5 Å². The van der Waals surface area contributed by atoms with E-state index in [2.05, 4.69) is 0 Å². The predicted molar refractivity (Wildman–Crippen MR) is 261 cm³/mol. The van der Waals surface area contributed by atoms with E-state index in [0.29, 0.717) is 16.7 Å². The van der Waals surface area contributed by atoms with Crippen LogP contribution < -0.4 is 4.90 Å². The molecule has 0 saturated heterocycles. The first kappa shape index (κ1) is 25.5.